The van der Waals surface area contributed by atoms with Crippen molar-refractivity contribution in [3.8, 4) is 5.75 Å². The number of hydrogen-bond donors (Lipinski definition) is 2. The van der Waals surface area contributed by atoms with Crippen molar-refractivity contribution in [1.29, 1.82) is 0 Å². The number of para-hydroxylation sites is 1. The average Bonchev–Trinajstić information content (AvgIpc) is 2.34. The molecule has 0 bridgehead atoms. The van der Waals surface area contributed by atoms with Crippen LogP contribution in [0.4, 0.5) is 0 Å². The summed E-state index contributed by atoms with van der Waals surface area (Å²) in [6, 6.07) is 6.12. The molecule has 3 N–H and O–H groups in total. The van der Waals surface area contributed by atoms with Crippen LogP contribution in [0, 0.1) is 5.92 Å². The molecule has 1 aromatic carbocycles. The number of carbonyl (C=O) groups is 2. The largest absolute Gasteiger partial charge is 0.496 e. The number of methoxy groups -OCH3 is 1. The molecule has 1 atom stereocenters. The Morgan fingerprint density at radius 1 is 1.28 bits per heavy atom. The van der Waals surface area contributed by atoms with Gasteiger partial charge in [0.15, 0.2) is 0 Å². The van der Waals surface area contributed by atoms with Gasteiger partial charge in [-0.05, 0) is 18.1 Å². The first-order valence-electron chi connectivity index (χ1n) is 5.70. The van der Waals surface area contributed by atoms with Crippen LogP contribution in [0.15, 0.2) is 24.3 Å². The Morgan fingerprint density at radius 2 is 1.89 bits per heavy atom. The first-order chi connectivity index (χ1) is 8.47. The summed E-state index contributed by atoms with van der Waals surface area (Å²) in [5.74, 6) is -0.527. The Hall–Kier alpha value is -2.04. The second-order valence-corrected chi connectivity index (χ2v) is 4.30. The lowest BCUT2D eigenvalue weighted by Crippen LogP contribution is -2.47. The highest BCUT2D eigenvalue weighted by atomic mass is 16.5. The van der Waals surface area contributed by atoms with Gasteiger partial charge in [-0.25, -0.2) is 0 Å². The maximum absolute atomic E-state index is 12.0. The molecule has 0 aromatic heterocycles. The van der Waals surface area contributed by atoms with Crippen LogP contribution in [0.5, 0.6) is 5.75 Å². The molecular weight excluding hydrogens is 232 g/mol. The molecule has 1 rings (SSSR count). The molecule has 0 spiro atoms. The van der Waals surface area contributed by atoms with E-state index in [0.717, 1.165) is 0 Å². The highest BCUT2D eigenvalue weighted by Crippen LogP contribution is 2.17. The first-order valence-corrected chi connectivity index (χ1v) is 5.70. The van der Waals surface area contributed by atoms with Crippen LogP contribution in [0.1, 0.15) is 24.2 Å². The lowest BCUT2D eigenvalue weighted by molar-refractivity contribution is -0.120. The third-order valence-electron chi connectivity index (χ3n) is 2.61. The molecule has 98 valence electrons. The summed E-state index contributed by atoms with van der Waals surface area (Å²) < 4.78 is 5.09. The molecule has 0 saturated heterocycles. The Bertz CT molecular complexity index is 444. The van der Waals surface area contributed by atoms with E-state index in [1.54, 1.807) is 24.3 Å². The van der Waals surface area contributed by atoms with Crippen molar-refractivity contribution in [2.45, 2.75) is 19.9 Å². The molecule has 18 heavy (non-hydrogen) atoms. The Labute approximate surface area is 106 Å². The Kier molecular flexibility index (Phi) is 4.71. The molecule has 1 unspecified atom stereocenters. The number of nitrogens with two attached hydrogens (primary N) is 1. The van der Waals surface area contributed by atoms with Crippen LogP contribution in [0.2, 0.25) is 0 Å². The normalized spacial score (nSPS) is 12.0. The van der Waals surface area contributed by atoms with E-state index in [4.69, 9.17) is 10.5 Å². The topological polar surface area (TPSA) is 81.4 Å². The summed E-state index contributed by atoms with van der Waals surface area (Å²) >= 11 is 0. The highest BCUT2D eigenvalue weighted by Gasteiger charge is 2.23. The van der Waals surface area contributed by atoms with E-state index in [0.29, 0.717) is 11.3 Å². The van der Waals surface area contributed by atoms with E-state index in [1.165, 1.54) is 7.11 Å². The molecular formula is C13H18N2O3. The summed E-state index contributed by atoms with van der Waals surface area (Å²) in [6.07, 6.45) is 0. The summed E-state index contributed by atoms with van der Waals surface area (Å²) in [4.78, 5) is 23.3. The minimum absolute atomic E-state index is 0.0684. The number of hydrogen-bond acceptors (Lipinski definition) is 3. The van der Waals surface area contributed by atoms with Crippen LogP contribution < -0.4 is 15.8 Å². The van der Waals surface area contributed by atoms with Gasteiger partial charge < -0.3 is 15.8 Å². The van der Waals surface area contributed by atoms with Gasteiger partial charge in [0.1, 0.15) is 11.8 Å². The number of primary amides is 1. The molecule has 0 saturated carbocycles. The van der Waals surface area contributed by atoms with Gasteiger partial charge in [-0.1, -0.05) is 26.0 Å². The quantitative estimate of drug-likeness (QED) is 0.815. The zero-order valence-electron chi connectivity index (χ0n) is 10.8. The van der Waals surface area contributed by atoms with E-state index < -0.39 is 11.9 Å². The van der Waals surface area contributed by atoms with E-state index in [1.807, 2.05) is 13.8 Å². The SMILES string of the molecule is COc1ccccc1C(=O)NC(C(N)=O)C(C)C. The molecule has 0 radical (unpaired) electrons. The number of rotatable bonds is 5. The molecule has 0 aliphatic carbocycles. The standard InChI is InChI=1S/C13H18N2O3/c1-8(2)11(12(14)16)15-13(17)9-6-4-5-7-10(9)18-3/h4-8,11H,1-3H3,(H2,14,16)(H,15,17). The molecule has 0 aliphatic heterocycles. The zero-order valence-corrected chi connectivity index (χ0v) is 10.8. The van der Waals surface area contributed by atoms with Gasteiger partial charge >= 0.3 is 0 Å². The van der Waals surface area contributed by atoms with Gasteiger partial charge in [0, 0.05) is 0 Å². The maximum atomic E-state index is 12.0. The fraction of sp³-hybridized carbons (Fsp3) is 0.385. The average molecular weight is 250 g/mol. The van der Waals surface area contributed by atoms with Crippen LogP contribution in [-0.2, 0) is 4.79 Å². The van der Waals surface area contributed by atoms with Gasteiger partial charge in [-0.2, -0.15) is 0 Å². The fourth-order valence-corrected chi connectivity index (χ4v) is 1.62. The fourth-order valence-electron chi connectivity index (χ4n) is 1.62. The van der Waals surface area contributed by atoms with Gasteiger partial charge in [0.2, 0.25) is 5.91 Å². The lowest BCUT2D eigenvalue weighted by atomic mass is 10.0. The number of benzene rings is 1. The number of ether oxygens (including phenoxy) is 1. The molecule has 0 aliphatic rings. The van der Waals surface area contributed by atoms with E-state index >= 15 is 0 Å². The van der Waals surface area contributed by atoms with Crippen molar-refractivity contribution in [2.75, 3.05) is 7.11 Å². The van der Waals surface area contributed by atoms with Gasteiger partial charge in [-0.15, -0.1) is 0 Å². The van der Waals surface area contributed by atoms with E-state index in [-0.39, 0.29) is 11.8 Å². The molecule has 5 heteroatoms. The molecule has 5 nitrogen and oxygen atoms in total. The third-order valence-corrected chi connectivity index (χ3v) is 2.61. The monoisotopic (exact) mass is 250 g/mol. The van der Waals surface area contributed by atoms with Crippen LogP contribution in [0.3, 0.4) is 0 Å². The summed E-state index contributed by atoms with van der Waals surface area (Å²) in [5, 5.41) is 2.61. The van der Waals surface area contributed by atoms with Crippen molar-refractivity contribution in [2.24, 2.45) is 11.7 Å². The Balaban J connectivity index is 2.90. The number of nitrogens with one attached hydrogen (secondary N) is 1. The van der Waals surface area contributed by atoms with Crippen molar-refractivity contribution >= 4 is 11.8 Å². The predicted molar refractivity (Wildman–Crippen MR) is 68.3 cm³/mol. The highest BCUT2D eigenvalue weighted by molar-refractivity contribution is 5.99. The first kappa shape index (κ1) is 14.0. The molecule has 0 heterocycles. The summed E-state index contributed by atoms with van der Waals surface area (Å²) in [5.41, 5.74) is 5.63. The van der Waals surface area contributed by atoms with Crippen molar-refractivity contribution in [3.05, 3.63) is 29.8 Å². The van der Waals surface area contributed by atoms with Gasteiger partial charge in [0.05, 0.1) is 12.7 Å². The van der Waals surface area contributed by atoms with Crippen molar-refractivity contribution < 1.29 is 14.3 Å². The van der Waals surface area contributed by atoms with Gasteiger partial charge in [0.25, 0.3) is 5.91 Å². The smallest absolute Gasteiger partial charge is 0.255 e. The lowest BCUT2D eigenvalue weighted by Gasteiger charge is -2.19. The zero-order chi connectivity index (χ0) is 13.7. The molecule has 2 amide bonds. The third kappa shape index (κ3) is 3.23. The number of carbonyl (C=O) groups excluding carboxylic acids is 2. The predicted octanol–water partition coefficient (Wildman–Crippen LogP) is 0.935. The van der Waals surface area contributed by atoms with Crippen LogP contribution in [-0.4, -0.2) is 25.0 Å². The molecule has 1 aromatic rings. The maximum Gasteiger partial charge on any atom is 0.255 e. The van der Waals surface area contributed by atoms with E-state index in [2.05, 4.69) is 5.32 Å². The molecule has 0 fully saturated rings. The van der Waals surface area contributed by atoms with Crippen molar-refractivity contribution in [1.82, 2.24) is 5.32 Å². The van der Waals surface area contributed by atoms with Crippen LogP contribution in [0.25, 0.3) is 0 Å². The Morgan fingerprint density at radius 3 is 2.39 bits per heavy atom. The van der Waals surface area contributed by atoms with Gasteiger partial charge in [-0.3, -0.25) is 9.59 Å². The minimum atomic E-state index is -0.692. The summed E-state index contributed by atoms with van der Waals surface area (Å²) in [7, 11) is 1.49. The van der Waals surface area contributed by atoms with E-state index in [9.17, 15) is 9.59 Å². The number of amides is 2. The second kappa shape index (κ2) is 6.05. The second-order valence-electron chi connectivity index (χ2n) is 4.30. The van der Waals surface area contributed by atoms with Crippen molar-refractivity contribution in [3.63, 3.8) is 0 Å². The minimum Gasteiger partial charge on any atom is -0.496 e. The summed E-state index contributed by atoms with van der Waals surface area (Å²) in [6.45, 7) is 3.63. The van der Waals surface area contributed by atoms with Crippen LogP contribution >= 0.6 is 0 Å².